The Hall–Kier alpha value is -0.340. The molecule has 0 radical (unpaired) electrons. The van der Waals surface area contributed by atoms with Gasteiger partial charge in [0.1, 0.15) is 0 Å². The third-order valence-electron chi connectivity index (χ3n) is 1.93. The summed E-state index contributed by atoms with van der Waals surface area (Å²) in [5, 5.41) is 3.11. The molecule has 1 fully saturated rings. The van der Waals surface area contributed by atoms with Crippen molar-refractivity contribution in [3.05, 3.63) is 12.2 Å². The van der Waals surface area contributed by atoms with Gasteiger partial charge in [-0.3, -0.25) is 0 Å². The summed E-state index contributed by atoms with van der Waals surface area (Å²) in [6, 6.07) is 0. The largest absolute Gasteiger partial charge is 0.381 e. The first kappa shape index (κ1) is 8.75. The van der Waals surface area contributed by atoms with Gasteiger partial charge in [-0.15, -0.1) is 0 Å². The van der Waals surface area contributed by atoms with Crippen LogP contribution in [0, 0.1) is 5.92 Å². The van der Waals surface area contributed by atoms with E-state index in [1.54, 1.807) is 0 Å². The molecule has 0 aromatic carbocycles. The molecule has 1 rings (SSSR count). The maximum atomic E-state index is 5.25. The van der Waals surface area contributed by atoms with Crippen LogP contribution in [0.1, 0.15) is 12.8 Å². The van der Waals surface area contributed by atoms with Crippen LogP contribution in [-0.2, 0) is 4.74 Å². The van der Waals surface area contributed by atoms with Crippen LogP contribution in [0.15, 0.2) is 12.2 Å². The molecule has 1 atom stereocenters. The minimum Gasteiger partial charge on any atom is -0.381 e. The van der Waals surface area contributed by atoms with Crippen LogP contribution in [0.5, 0.6) is 0 Å². The Bertz CT molecular complexity index is 117. The predicted molar refractivity (Wildman–Crippen MR) is 46.6 cm³/mol. The van der Waals surface area contributed by atoms with Crippen molar-refractivity contribution >= 4 is 0 Å². The molecule has 0 bridgehead atoms. The second kappa shape index (κ2) is 5.33. The van der Waals surface area contributed by atoms with Gasteiger partial charge < -0.3 is 10.1 Å². The first-order chi connectivity index (χ1) is 5.43. The maximum Gasteiger partial charge on any atom is 0.0529 e. The van der Waals surface area contributed by atoms with E-state index in [2.05, 4.69) is 17.5 Å². The normalized spacial score (nSPS) is 25.0. The lowest BCUT2D eigenvalue weighted by molar-refractivity contribution is 0.191. The zero-order valence-corrected chi connectivity index (χ0v) is 7.18. The Morgan fingerprint density at radius 1 is 1.64 bits per heavy atom. The molecule has 11 heavy (non-hydrogen) atoms. The first-order valence-electron chi connectivity index (χ1n) is 4.32. The summed E-state index contributed by atoms with van der Waals surface area (Å²) in [5.74, 6) is 0.687. The molecule has 1 saturated heterocycles. The molecule has 1 unspecified atom stereocenters. The molecule has 2 nitrogen and oxygen atoms in total. The second-order valence-corrected chi connectivity index (χ2v) is 2.94. The van der Waals surface area contributed by atoms with Crippen LogP contribution >= 0.6 is 0 Å². The first-order valence-corrected chi connectivity index (χ1v) is 4.32. The van der Waals surface area contributed by atoms with E-state index < -0.39 is 0 Å². The zero-order chi connectivity index (χ0) is 7.94. The lowest BCUT2D eigenvalue weighted by Gasteiger charge is -1.97. The number of rotatable bonds is 4. The van der Waals surface area contributed by atoms with Crippen molar-refractivity contribution < 1.29 is 4.74 Å². The van der Waals surface area contributed by atoms with E-state index in [4.69, 9.17) is 4.74 Å². The van der Waals surface area contributed by atoms with E-state index in [1.807, 2.05) is 7.05 Å². The van der Waals surface area contributed by atoms with E-state index in [-0.39, 0.29) is 0 Å². The summed E-state index contributed by atoms with van der Waals surface area (Å²) >= 11 is 0. The standard InChI is InChI=1S/C9H17NO/c1-10-6-3-2-4-9-5-7-11-8-9/h2,4,9-10H,3,5-8H2,1H3. The predicted octanol–water partition coefficient (Wildman–Crippen LogP) is 1.19. The van der Waals surface area contributed by atoms with Crippen LogP contribution in [0.3, 0.4) is 0 Å². The van der Waals surface area contributed by atoms with E-state index in [9.17, 15) is 0 Å². The average Bonchev–Trinajstić information content (AvgIpc) is 2.50. The summed E-state index contributed by atoms with van der Waals surface area (Å²) in [4.78, 5) is 0. The molecule has 0 saturated carbocycles. The molecule has 0 aliphatic carbocycles. The van der Waals surface area contributed by atoms with Gasteiger partial charge in [-0.1, -0.05) is 12.2 Å². The van der Waals surface area contributed by atoms with Crippen LogP contribution in [0.25, 0.3) is 0 Å². The fourth-order valence-corrected chi connectivity index (χ4v) is 1.22. The van der Waals surface area contributed by atoms with Gasteiger partial charge in [0.2, 0.25) is 0 Å². The van der Waals surface area contributed by atoms with Crippen LogP contribution < -0.4 is 5.32 Å². The molecule has 2 heteroatoms. The van der Waals surface area contributed by atoms with Crippen molar-refractivity contribution in [2.75, 3.05) is 26.8 Å². The smallest absolute Gasteiger partial charge is 0.0529 e. The van der Waals surface area contributed by atoms with Crippen molar-refractivity contribution in [3.63, 3.8) is 0 Å². The number of hydrogen-bond acceptors (Lipinski definition) is 2. The lowest BCUT2D eigenvalue weighted by Crippen LogP contribution is -2.06. The Morgan fingerprint density at radius 2 is 2.55 bits per heavy atom. The van der Waals surface area contributed by atoms with Gasteiger partial charge >= 0.3 is 0 Å². The van der Waals surface area contributed by atoms with E-state index in [1.165, 1.54) is 6.42 Å². The van der Waals surface area contributed by atoms with Crippen LogP contribution in [0.2, 0.25) is 0 Å². The summed E-state index contributed by atoms with van der Waals surface area (Å²) in [6.45, 7) is 2.95. The highest BCUT2D eigenvalue weighted by atomic mass is 16.5. The van der Waals surface area contributed by atoms with Crippen molar-refractivity contribution in [2.24, 2.45) is 5.92 Å². The maximum absolute atomic E-state index is 5.25. The SMILES string of the molecule is CNCCC=CC1CCOC1. The van der Waals surface area contributed by atoms with Gasteiger partial charge in [0, 0.05) is 12.5 Å². The molecule has 0 aromatic heterocycles. The third-order valence-corrected chi connectivity index (χ3v) is 1.93. The molecule has 64 valence electrons. The number of ether oxygens (including phenoxy) is 1. The van der Waals surface area contributed by atoms with E-state index in [0.29, 0.717) is 5.92 Å². The van der Waals surface area contributed by atoms with Gasteiger partial charge in [0.05, 0.1) is 6.61 Å². The minimum atomic E-state index is 0.687. The van der Waals surface area contributed by atoms with Crippen LogP contribution in [0.4, 0.5) is 0 Å². The molecule has 1 aliphatic heterocycles. The van der Waals surface area contributed by atoms with E-state index >= 15 is 0 Å². The molecule has 0 amide bonds. The lowest BCUT2D eigenvalue weighted by atomic mass is 10.1. The molecule has 1 N–H and O–H groups in total. The molecular formula is C9H17NO. The Labute approximate surface area is 68.6 Å². The zero-order valence-electron chi connectivity index (χ0n) is 7.18. The highest BCUT2D eigenvalue weighted by molar-refractivity contribution is 4.90. The second-order valence-electron chi connectivity index (χ2n) is 2.94. The Balaban J connectivity index is 2.03. The minimum absolute atomic E-state index is 0.687. The summed E-state index contributed by atoms with van der Waals surface area (Å²) in [7, 11) is 1.98. The quantitative estimate of drug-likeness (QED) is 0.486. The molecular weight excluding hydrogens is 138 g/mol. The molecule has 1 aliphatic rings. The van der Waals surface area contributed by atoms with Gasteiger partial charge in [-0.05, 0) is 26.4 Å². The third kappa shape index (κ3) is 3.54. The summed E-state index contributed by atoms with van der Waals surface area (Å²) in [6.07, 6.45) is 6.86. The number of nitrogens with one attached hydrogen (secondary N) is 1. The van der Waals surface area contributed by atoms with Crippen LogP contribution in [-0.4, -0.2) is 26.8 Å². The fraction of sp³-hybridized carbons (Fsp3) is 0.778. The van der Waals surface area contributed by atoms with Crippen molar-refractivity contribution in [3.8, 4) is 0 Å². The van der Waals surface area contributed by atoms with Gasteiger partial charge in [0.25, 0.3) is 0 Å². The van der Waals surface area contributed by atoms with Gasteiger partial charge in [-0.25, -0.2) is 0 Å². The topological polar surface area (TPSA) is 21.3 Å². The van der Waals surface area contributed by atoms with Gasteiger partial charge in [0.15, 0.2) is 0 Å². The Kier molecular flexibility index (Phi) is 4.24. The van der Waals surface area contributed by atoms with E-state index in [0.717, 1.165) is 26.2 Å². The fourth-order valence-electron chi connectivity index (χ4n) is 1.22. The highest BCUT2D eigenvalue weighted by Crippen LogP contribution is 2.13. The molecule has 0 spiro atoms. The molecule has 0 aromatic rings. The number of hydrogen-bond donors (Lipinski definition) is 1. The van der Waals surface area contributed by atoms with Gasteiger partial charge in [-0.2, -0.15) is 0 Å². The average molecular weight is 155 g/mol. The monoisotopic (exact) mass is 155 g/mol. The molecule has 1 heterocycles. The highest BCUT2D eigenvalue weighted by Gasteiger charge is 2.10. The van der Waals surface area contributed by atoms with Crippen molar-refractivity contribution in [2.45, 2.75) is 12.8 Å². The van der Waals surface area contributed by atoms with Crippen molar-refractivity contribution in [1.82, 2.24) is 5.32 Å². The Morgan fingerprint density at radius 3 is 3.18 bits per heavy atom. The summed E-state index contributed by atoms with van der Waals surface area (Å²) < 4.78 is 5.25. The van der Waals surface area contributed by atoms with Crippen molar-refractivity contribution in [1.29, 1.82) is 0 Å². The summed E-state index contributed by atoms with van der Waals surface area (Å²) in [5.41, 5.74) is 0.